The number of benzene rings is 2. The third kappa shape index (κ3) is 10.2. The Balaban J connectivity index is 0.000000516. The summed E-state index contributed by atoms with van der Waals surface area (Å²) >= 11 is 0. The zero-order valence-electron chi connectivity index (χ0n) is 18.0. The summed E-state index contributed by atoms with van der Waals surface area (Å²) in [7, 11) is 0. The van der Waals surface area contributed by atoms with Gasteiger partial charge < -0.3 is 4.90 Å². The number of rotatable bonds is 8. The second-order valence-corrected chi connectivity index (χ2v) is 6.18. The Hall–Kier alpha value is -2.98. The molecule has 154 valence electrons. The van der Waals surface area contributed by atoms with Crippen molar-refractivity contribution in [1.29, 1.82) is 0 Å². The Morgan fingerprint density at radius 1 is 0.828 bits per heavy atom. The quantitative estimate of drug-likeness (QED) is 0.417. The van der Waals surface area contributed by atoms with E-state index in [4.69, 9.17) is 0 Å². The minimum atomic E-state index is -0.0335. The van der Waals surface area contributed by atoms with Crippen LogP contribution in [0.1, 0.15) is 27.7 Å². The summed E-state index contributed by atoms with van der Waals surface area (Å²) in [4.78, 5) is 19.9. The van der Waals surface area contributed by atoms with E-state index in [1.54, 1.807) is 17.3 Å². The van der Waals surface area contributed by atoms with E-state index in [2.05, 4.69) is 30.7 Å². The van der Waals surface area contributed by atoms with Gasteiger partial charge in [0.15, 0.2) is 0 Å². The van der Waals surface area contributed by atoms with E-state index in [0.717, 1.165) is 11.4 Å². The summed E-state index contributed by atoms with van der Waals surface area (Å²) in [6.45, 7) is 11.7. The molecule has 2 aromatic carbocycles. The highest BCUT2D eigenvalue weighted by molar-refractivity contribution is 5.93. The maximum Gasteiger partial charge on any atom is 0.227 e. The normalized spacial score (nSPS) is 11.2. The summed E-state index contributed by atoms with van der Waals surface area (Å²) in [5, 5.41) is 0. The summed E-state index contributed by atoms with van der Waals surface area (Å²) in [5.74, 6) is -0.0335. The Morgan fingerprint density at radius 2 is 1.38 bits per heavy atom. The van der Waals surface area contributed by atoms with Gasteiger partial charge in [0.1, 0.15) is 0 Å². The zero-order valence-corrected chi connectivity index (χ0v) is 18.0. The van der Waals surface area contributed by atoms with Crippen molar-refractivity contribution in [3.63, 3.8) is 0 Å². The fourth-order valence-corrected chi connectivity index (χ4v) is 2.53. The van der Waals surface area contributed by atoms with Gasteiger partial charge in [-0.3, -0.25) is 14.7 Å². The van der Waals surface area contributed by atoms with Gasteiger partial charge in [-0.05, 0) is 56.1 Å². The number of allylic oxidation sites excluding steroid dienone is 3. The van der Waals surface area contributed by atoms with E-state index in [-0.39, 0.29) is 5.91 Å². The first kappa shape index (κ1) is 24.1. The molecule has 1 amide bonds. The Labute approximate surface area is 175 Å². The van der Waals surface area contributed by atoms with Crippen LogP contribution in [-0.4, -0.2) is 36.7 Å². The van der Waals surface area contributed by atoms with Crippen LogP contribution in [0.25, 0.3) is 0 Å². The SMILES string of the molecule is CC(=O)N(/C=C/C=C/C=Nc1ccccc1)c1ccccc1.CCN(CC)CC. The minimum absolute atomic E-state index is 0.0335. The van der Waals surface area contributed by atoms with Gasteiger partial charge in [0.25, 0.3) is 0 Å². The van der Waals surface area contributed by atoms with Crippen molar-refractivity contribution >= 4 is 23.5 Å². The van der Waals surface area contributed by atoms with Crippen molar-refractivity contribution in [2.45, 2.75) is 27.7 Å². The lowest BCUT2D eigenvalue weighted by Gasteiger charge is -2.15. The van der Waals surface area contributed by atoms with Crippen molar-refractivity contribution in [2.75, 3.05) is 24.5 Å². The number of hydrogen-bond donors (Lipinski definition) is 0. The average molecular weight is 392 g/mol. The van der Waals surface area contributed by atoms with Crippen molar-refractivity contribution in [1.82, 2.24) is 4.90 Å². The van der Waals surface area contributed by atoms with Crippen LogP contribution in [0.15, 0.2) is 90.1 Å². The highest BCUT2D eigenvalue weighted by atomic mass is 16.2. The molecule has 0 spiro atoms. The molecule has 0 aliphatic heterocycles. The van der Waals surface area contributed by atoms with Gasteiger partial charge in [-0.15, -0.1) is 0 Å². The number of para-hydroxylation sites is 2. The topological polar surface area (TPSA) is 35.9 Å². The van der Waals surface area contributed by atoms with Gasteiger partial charge in [0, 0.05) is 25.0 Å². The maximum absolute atomic E-state index is 11.7. The number of nitrogens with zero attached hydrogens (tertiary/aromatic N) is 3. The van der Waals surface area contributed by atoms with Gasteiger partial charge in [-0.25, -0.2) is 0 Å². The number of hydrogen-bond acceptors (Lipinski definition) is 3. The van der Waals surface area contributed by atoms with Crippen LogP contribution in [0.3, 0.4) is 0 Å². The van der Waals surface area contributed by atoms with Crippen LogP contribution in [-0.2, 0) is 4.79 Å². The van der Waals surface area contributed by atoms with Gasteiger partial charge in [-0.2, -0.15) is 0 Å². The smallest absolute Gasteiger partial charge is 0.227 e. The fraction of sp³-hybridized carbons (Fsp3) is 0.280. The van der Waals surface area contributed by atoms with Gasteiger partial charge in [-0.1, -0.05) is 63.2 Å². The lowest BCUT2D eigenvalue weighted by Crippen LogP contribution is -2.21. The van der Waals surface area contributed by atoms with Gasteiger partial charge in [0.05, 0.1) is 5.69 Å². The number of carbonyl (C=O) groups is 1. The van der Waals surface area contributed by atoms with Gasteiger partial charge >= 0.3 is 0 Å². The second-order valence-electron chi connectivity index (χ2n) is 6.18. The third-order valence-corrected chi connectivity index (χ3v) is 4.24. The fourth-order valence-electron chi connectivity index (χ4n) is 2.53. The van der Waals surface area contributed by atoms with E-state index in [1.807, 2.05) is 78.9 Å². The molecular weight excluding hydrogens is 358 g/mol. The lowest BCUT2D eigenvalue weighted by molar-refractivity contribution is -0.116. The molecule has 4 heteroatoms. The van der Waals surface area contributed by atoms with Crippen LogP contribution in [0.4, 0.5) is 11.4 Å². The first-order valence-corrected chi connectivity index (χ1v) is 10.1. The molecule has 0 N–H and O–H groups in total. The predicted molar refractivity (Wildman–Crippen MR) is 126 cm³/mol. The third-order valence-electron chi connectivity index (χ3n) is 4.24. The molecule has 0 atom stereocenters. The van der Waals surface area contributed by atoms with Gasteiger partial charge in [0.2, 0.25) is 5.91 Å². The van der Waals surface area contributed by atoms with Crippen molar-refractivity contribution in [3.8, 4) is 0 Å². The van der Waals surface area contributed by atoms with Crippen LogP contribution in [0.5, 0.6) is 0 Å². The van der Waals surface area contributed by atoms with E-state index in [1.165, 1.54) is 26.6 Å². The predicted octanol–water partition coefficient (Wildman–Crippen LogP) is 5.86. The second kappa shape index (κ2) is 15.0. The molecule has 0 aromatic heterocycles. The average Bonchev–Trinajstić information content (AvgIpc) is 2.76. The standard InChI is InChI=1S/C19H18N2O.C6H15N/c1-17(22)21(19-13-7-3-8-14-19)16-10-4-9-15-20-18-11-5-2-6-12-18;1-4-7(5-2)6-3/h2-16H,1H3;4-6H2,1-3H3/b9-4+,16-10+,20-15?;. The van der Waals surface area contributed by atoms with E-state index in [9.17, 15) is 4.79 Å². The van der Waals surface area contributed by atoms with Crippen LogP contribution < -0.4 is 4.90 Å². The van der Waals surface area contributed by atoms with E-state index < -0.39 is 0 Å². The molecule has 0 saturated heterocycles. The van der Waals surface area contributed by atoms with Crippen molar-refractivity contribution < 1.29 is 4.79 Å². The molecule has 4 nitrogen and oxygen atoms in total. The number of aliphatic imine (C=N–C) groups is 1. The summed E-state index contributed by atoms with van der Waals surface area (Å²) in [6.07, 6.45) is 8.94. The van der Waals surface area contributed by atoms with Crippen LogP contribution in [0, 0.1) is 0 Å². The first-order valence-electron chi connectivity index (χ1n) is 10.1. The highest BCUT2D eigenvalue weighted by Gasteiger charge is 2.05. The summed E-state index contributed by atoms with van der Waals surface area (Å²) < 4.78 is 0. The molecule has 0 fully saturated rings. The molecular formula is C25H33N3O. The minimum Gasteiger partial charge on any atom is -0.304 e. The Morgan fingerprint density at radius 3 is 1.86 bits per heavy atom. The zero-order chi connectivity index (χ0) is 21.3. The summed E-state index contributed by atoms with van der Waals surface area (Å²) in [5.41, 5.74) is 1.75. The molecule has 0 heterocycles. The number of amides is 1. The maximum atomic E-state index is 11.7. The first-order chi connectivity index (χ1) is 14.1. The number of carbonyl (C=O) groups excluding carboxylic acids is 1. The van der Waals surface area contributed by atoms with Crippen molar-refractivity contribution in [2.24, 2.45) is 4.99 Å². The molecule has 2 aromatic rings. The Kier molecular flexibility index (Phi) is 12.4. The largest absolute Gasteiger partial charge is 0.304 e. The van der Waals surface area contributed by atoms with E-state index >= 15 is 0 Å². The Bertz CT molecular complexity index is 758. The molecule has 2 rings (SSSR count). The molecule has 0 aliphatic carbocycles. The monoisotopic (exact) mass is 391 g/mol. The lowest BCUT2D eigenvalue weighted by atomic mass is 10.3. The highest BCUT2D eigenvalue weighted by Crippen LogP contribution is 2.13. The summed E-state index contributed by atoms with van der Waals surface area (Å²) in [6, 6.07) is 19.2. The molecule has 29 heavy (non-hydrogen) atoms. The molecule has 0 saturated carbocycles. The van der Waals surface area contributed by atoms with Crippen LogP contribution in [0.2, 0.25) is 0 Å². The molecule has 0 bridgehead atoms. The van der Waals surface area contributed by atoms with Crippen LogP contribution >= 0.6 is 0 Å². The van der Waals surface area contributed by atoms with Crippen molar-refractivity contribution in [3.05, 3.63) is 85.1 Å². The van der Waals surface area contributed by atoms with E-state index in [0.29, 0.717) is 0 Å². The molecule has 0 radical (unpaired) electrons. The molecule has 0 aliphatic rings. The number of anilines is 1. The molecule has 0 unspecified atom stereocenters.